The normalized spacial score (nSPS) is 9.87. The first kappa shape index (κ1) is 14.4. The molecule has 0 fully saturated rings. The van der Waals surface area contributed by atoms with Crippen molar-refractivity contribution in [1.29, 1.82) is 10.5 Å². The van der Waals surface area contributed by atoms with Gasteiger partial charge in [-0.25, -0.2) is 0 Å². The molecule has 0 aliphatic rings. The number of methoxy groups -OCH3 is 1. The SMILES string of the molecule is COc1ccccc1C(=C(C#N)C#N)c1c[nH]c2ccccc12. The Labute approximate surface area is 133 Å². The molecular formula is C19H13N3O. The fourth-order valence-corrected chi connectivity index (χ4v) is 2.68. The molecule has 0 bridgehead atoms. The largest absolute Gasteiger partial charge is 0.496 e. The highest BCUT2D eigenvalue weighted by atomic mass is 16.5. The van der Waals surface area contributed by atoms with Gasteiger partial charge in [-0.05, 0) is 12.1 Å². The molecule has 1 heterocycles. The summed E-state index contributed by atoms with van der Waals surface area (Å²) in [5.74, 6) is 0.621. The van der Waals surface area contributed by atoms with E-state index in [1.807, 2.05) is 66.9 Å². The van der Waals surface area contributed by atoms with E-state index in [0.29, 0.717) is 11.3 Å². The second-order valence-corrected chi connectivity index (χ2v) is 4.92. The minimum atomic E-state index is 0.0549. The van der Waals surface area contributed by atoms with Crippen LogP contribution in [0.4, 0.5) is 0 Å². The number of ether oxygens (including phenoxy) is 1. The zero-order chi connectivity index (χ0) is 16.2. The average molecular weight is 299 g/mol. The summed E-state index contributed by atoms with van der Waals surface area (Å²) in [4.78, 5) is 3.19. The monoisotopic (exact) mass is 299 g/mol. The molecule has 23 heavy (non-hydrogen) atoms. The van der Waals surface area contributed by atoms with Gasteiger partial charge in [0.25, 0.3) is 0 Å². The molecule has 0 radical (unpaired) electrons. The summed E-state index contributed by atoms with van der Waals surface area (Å²) in [6.07, 6.45) is 1.82. The number of para-hydroxylation sites is 2. The summed E-state index contributed by atoms with van der Waals surface area (Å²) in [6, 6.07) is 19.2. The third kappa shape index (κ3) is 2.43. The molecule has 0 saturated heterocycles. The number of hydrogen-bond acceptors (Lipinski definition) is 3. The summed E-state index contributed by atoms with van der Waals surface area (Å²) in [5.41, 5.74) is 3.11. The summed E-state index contributed by atoms with van der Waals surface area (Å²) in [7, 11) is 1.57. The van der Waals surface area contributed by atoms with Gasteiger partial charge in [0.15, 0.2) is 0 Å². The smallest absolute Gasteiger partial charge is 0.138 e. The number of nitrogens with one attached hydrogen (secondary N) is 1. The molecule has 3 rings (SSSR count). The lowest BCUT2D eigenvalue weighted by molar-refractivity contribution is 0.413. The lowest BCUT2D eigenvalue weighted by Gasteiger charge is -2.12. The highest BCUT2D eigenvalue weighted by Crippen LogP contribution is 2.36. The van der Waals surface area contributed by atoms with Crippen LogP contribution in [-0.2, 0) is 0 Å². The molecular weight excluding hydrogens is 286 g/mol. The summed E-state index contributed by atoms with van der Waals surface area (Å²) < 4.78 is 5.41. The van der Waals surface area contributed by atoms with Crippen LogP contribution < -0.4 is 4.74 Å². The van der Waals surface area contributed by atoms with Crippen molar-refractivity contribution >= 4 is 16.5 Å². The first-order valence-corrected chi connectivity index (χ1v) is 7.04. The number of benzene rings is 2. The quantitative estimate of drug-likeness (QED) is 0.742. The molecule has 0 saturated carbocycles. The van der Waals surface area contributed by atoms with Crippen LogP contribution in [0.2, 0.25) is 0 Å². The molecule has 3 aromatic rings. The Morgan fingerprint density at radius 2 is 1.65 bits per heavy atom. The van der Waals surface area contributed by atoms with Gasteiger partial charge in [-0.1, -0.05) is 36.4 Å². The maximum absolute atomic E-state index is 9.41. The highest BCUT2D eigenvalue weighted by molar-refractivity contribution is 6.00. The van der Waals surface area contributed by atoms with Crippen molar-refractivity contribution in [3.63, 3.8) is 0 Å². The van der Waals surface area contributed by atoms with Crippen molar-refractivity contribution in [3.8, 4) is 17.9 Å². The molecule has 0 atom stereocenters. The lowest BCUT2D eigenvalue weighted by atomic mass is 9.93. The molecule has 1 aromatic heterocycles. The topological polar surface area (TPSA) is 72.6 Å². The zero-order valence-electron chi connectivity index (χ0n) is 12.5. The van der Waals surface area contributed by atoms with E-state index in [1.165, 1.54) is 0 Å². The Morgan fingerprint density at radius 3 is 2.39 bits per heavy atom. The highest BCUT2D eigenvalue weighted by Gasteiger charge is 2.18. The molecule has 0 aliphatic heterocycles. The number of fused-ring (bicyclic) bond motifs is 1. The second kappa shape index (κ2) is 6.09. The number of hydrogen-bond donors (Lipinski definition) is 1. The van der Waals surface area contributed by atoms with E-state index in [4.69, 9.17) is 4.74 Å². The van der Waals surface area contributed by atoms with Crippen LogP contribution in [0.3, 0.4) is 0 Å². The van der Waals surface area contributed by atoms with Crippen LogP contribution in [0.25, 0.3) is 16.5 Å². The number of H-pyrrole nitrogens is 1. The standard InChI is InChI=1S/C19H13N3O/c1-23-18-9-5-3-7-15(18)19(13(10-20)11-21)16-12-22-17-8-4-2-6-14(16)17/h2-9,12,22H,1H3. The number of aromatic nitrogens is 1. The van der Waals surface area contributed by atoms with Crippen LogP contribution in [0.15, 0.2) is 60.3 Å². The van der Waals surface area contributed by atoms with Gasteiger partial charge in [0.05, 0.1) is 7.11 Å². The van der Waals surface area contributed by atoms with Crippen molar-refractivity contribution in [2.45, 2.75) is 0 Å². The van der Waals surface area contributed by atoms with Gasteiger partial charge in [0.2, 0.25) is 0 Å². The molecule has 0 spiro atoms. The number of nitriles is 2. The van der Waals surface area contributed by atoms with Gasteiger partial charge >= 0.3 is 0 Å². The molecule has 1 N–H and O–H groups in total. The first-order valence-electron chi connectivity index (χ1n) is 7.04. The van der Waals surface area contributed by atoms with Crippen molar-refractivity contribution in [2.75, 3.05) is 7.11 Å². The number of nitrogens with zero attached hydrogens (tertiary/aromatic N) is 2. The average Bonchev–Trinajstić information content (AvgIpc) is 3.03. The van der Waals surface area contributed by atoms with E-state index in [1.54, 1.807) is 7.11 Å². The predicted molar refractivity (Wildman–Crippen MR) is 88.5 cm³/mol. The number of aromatic amines is 1. The Morgan fingerprint density at radius 1 is 0.957 bits per heavy atom. The maximum Gasteiger partial charge on any atom is 0.138 e. The molecule has 4 nitrogen and oxygen atoms in total. The lowest BCUT2D eigenvalue weighted by Crippen LogP contribution is -1.96. The minimum Gasteiger partial charge on any atom is -0.496 e. The summed E-state index contributed by atoms with van der Waals surface area (Å²) in [5, 5.41) is 19.8. The van der Waals surface area contributed by atoms with Crippen molar-refractivity contribution in [2.24, 2.45) is 0 Å². The van der Waals surface area contributed by atoms with Crippen LogP contribution in [-0.4, -0.2) is 12.1 Å². The Balaban J connectivity index is 2.38. The zero-order valence-corrected chi connectivity index (χ0v) is 12.5. The first-order chi connectivity index (χ1) is 11.3. The molecule has 4 heteroatoms. The van der Waals surface area contributed by atoms with Crippen molar-refractivity contribution < 1.29 is 4.74 Å². The second-order valence-electron chi connectivity index (χ2n) is 4.92. The Bertz CT molecular complexity index is 968. The fraction of sp³-hybridized carbons (Fsp3) is 0.0526. The molecule has 0 amide bonds. The number of allylic oxidation sites excluding steroid dienone is 1. The molecule has 0 aliphatic carbocycles. The van der Waals surface area contributed by atoms with Gasteiger partial charge in [0.1, 0.15) is 23.5 Å². The predicted octanol–water partition coefficient (Wildman–Crippen LogP) is 4.03. The van der Waals surface area contributed by atoms with Gasteiger partial charge in [0, 0.05) is 33.8 Å². The number of rotatable bonds is 3. The van der Waals surface area contributed by atoms with Gasteiger partial charge < -0.3 is 9.72 Å². The van der Waals surface area contributed by atoms with Crippen molar-refractivity contribution in [1.82, 2.24) is 4.98 Å². The van der Waals surface area contributed by atoms with Crippen LogP contribution in [0.1, 0.15) is 11.1 Å². The van der Waals surface area contributed by atoms with E-state index in [0.717, 1.165) is 22.0 Å². The van der Waals surface area contributed by atoms with Gasteiger partial charge in [-0.3, -0.25) is 0 Å². The van der Waals surface area contributed by atoms with Crippen LogP contribution in [0.5, 0.6) is 5.75 Å². The Hall–Kier alpha value is -3.50. The molecule has 0 unspecified atom stereocenters. The third-order valence-corrected chi connectivity index (χ3v) is 3.71. The molecule has 2 aromatic carbocycles. The maximum atomic E-state index is 9.41. The van der Waals surface area contributed by atoms with Gasteiger partial charge in [-0.15, -0.1) is 0 Å². The van der Waals surface area contributed by atoms with E-state index < -0.39 is 0 Å². The van der Waals surface area contributed by atoms with Crippen LogP contribution in [0, 0.1) is 22.7 Å². The van der Waals surface area contributed by atoms with E-state index in [2.05, 4.69) is 4.98 Å². The van der Waals surface area contributed by atoms with E-state index in [9.17, 15) is 10.5 Å². The summed E-state index contributed by atoms with van der Waals surface area (Å²) >= 11 is 0. The van der Waals surface area contributed by atoms with E-state index >= 15 is 0 Å². The summed E-state index contributed by atoms with van der Waals surface area (Å²) in [6.45, 7) is 0. The Kier molecular flexibility index (Phi) is 3.82. The van der Waals surface area contributed by atoms with Crippen molar-refractivity contribution in [3.05, 3.63) is 71.4 Å². The van der Waals surface area contributed by atoms with E-state index in [-0.39, 0.29) is 5.57 Å². The van der Waals surface area contributed by atoms with Crippen LogP contribution >= 0.6 is 0 Å². The molecule has 110 valence electrons. The minimum absolute atomic E-state index is 0.0549. The van der Waals surface area contributed by atoms with Gasteiger partial charge in [-0.2, -0.15) is 10.5 Å². The third-order valence-electron chi connectivity index (χ3n) is 3.71. The fourth-order valence-electron chi connectivity index (χ4n) is 2.68.